The third kappa shape index (κ3) is 4.12. The van der Waals surface area contributed by atoms with E-state index in [9.17, 15) is 14.9 Å². The van der Waals surface area contributed by atoms with Gasteiger partial charge in [0.2, 0.25) is 11.7 Å². The van der Waals surface area contributed by atoms with Crippen LogP contribution in [-0.2, 0) is 11.3 Å². The predicted octanol–water partition coefficient (Wildman–Crippen LogP) is 1.91. The van der Waals surface area contributed by atoms with E-state index in [1.165, 1.54) is 10.8 Å². The fourth-order valence-electron chi connectivity index (χ4n) is 3.42. The van der Waals surface area contributed by atoms with Gasteiger partial charge < -0.3 is 19.9 Å². The second-order valence-corrected chi connectivity index (χ2v) is 7.00. The zero-order valence-corrected chi connectivity index (χ0v) is 16.5. The number of benzene rings is 1. The molecule has 154 valence electrons. The molecule has 3 heterocycles. The van der Waals surface area contributed by atoms with Crippen LogP contribution in [0.1, 0.15) is 5.82 Å². The highest BCUT2D eigenvalue weighted by molar-refractivity contribution is 5.76. The van der Waals surface area contributed by atoms with Crippen LogP contribution in [0.4, 0.5) is 11.6 Å². The van der Waals surface area contributed by atoms with Gasteiger partial charge in [-0.05, 0) is 16.0 Å². The molecule has 0 N–H and O–H groups in total. The van der Waals surface area contributed by atoms with Gasteiger partial charge in [-0.15, -0.1) is 0 Å². The number of nitrogens with zero attached hydrogens (tertiary/aromatic N) is 7. The Hall–Kier alpha value is -3.82. The molecule has 1 aromatic carbocycles. The molecule has 1 aliphatic rings. The fraction of sp³-hybridized carbons (Fsp3) is 0.300. The number of imidazole rings is 1. The van der Waals surface area contributed by atoms with Crippen molar-refractivity contribution >= 4 is 17.5 Å². The molecule has 4 rings (SSSR count). The highest BCUT2D eigenvalue weighted by atomic mass is 16.6. The average molecular weight is 407 g/mol. The highest BCUT2D eigenvalue weighted by Gasteiger charge is 2.24. The van der Waals surface area contributed by atoms with E-state index in [0.717, 1.165) is 11.4 Å². The minimum Gasteiger partial charge on any atom is -0.358 e. The molecule has 1 amide bonds. The molecule has 1 fully saturated rings. The van der Waals surface area contributed by atoms with E-state index in [4.69, 9.17) is 0 Å². The summed E-state index contributed by atoms with van der Waals surface area (Å²) in [5.41, 5.74) is 0.956. The number of hydrogen-bond donors (Lipinski definition) is 0. The van der Waals surface area contributed by atoms with Gasteiger partial charge in [0.05, 0.1) is 0 Å². The van der Waals surface area contributed by atoms with Crippen molar-refractivity contribution in [1.82, 2.24) is 24.4 Å². The van der Waals surface area contributed by atoms with E-state index < -0.39 is 4.92 Å². The summed E-state index contributed by atoms with van der Waals surface area (Å²) < 4.78 is 1.52. The lowest BCUT2D eigenvalue weighted by Gasteiger charge is -2.35. The monoisotopic (exact) mass is 407 g/mol. The highest BCUT2D eigenvalue weighted by Crippen LogP contribution is 2.19. The van der Waals surface area contributed by atoms with Crippen molar-refractivity contribution in [2.24, 2.45) is 0 Å². The predicted molar refractivity (Wildman–Crippen MR) is 110 cm³/mol. The summed E-state index contributed by atoms with van der Waals surface area (Å²) in [7, 11) is 0. The quantitative estimate of drug-likeness (QED) is 0.469. The molecule has 1 saturated heterocycles. The van der Waals surface area contributed by atoms with Crippen molar-refractivity contribution < 1.29 is 9.72 Å². The van der Waals surface area contributed by atoms with Crippen LogP contribution in [0.15, 0.2) is 48.8 Å². The lowest BCUT2D eigenvalue weighted by Crippen LogP contribution is -2.49. The van der Waals surface area contributed by atoms with Crippen molar-refractivity contribution in [2.75, 3.05) is 31.1 Å². The van der Waals surface area contributed by atoms with E-state index in [1.54, 1.807) is 18.0 Å². The maximum atomic E-state index is 12.6. The van der Waals surface area contributed by atoms with E-state index in [0.29, 0.717) is 37.8 Å². The van der Waals surface area contributed by atoms with Crippen LogP contribution in [-0.4, -0.2) is 61.4 Å². The van der Waals surface area contributed by atoms with Gasteiger partial charge >= 0.3 is 5.82 Å². The Balaban J connectivity index is 1.38. The molecule has 0 aliphatic carbocycles. The molecule has 0 atom stereocenters. The Morgan fingerprint density at radius 1 is 1.10 bits per heavy atom. The minimum absolute atomic E-state index is 0.0400. The van der Waals surface area contributed by atoms with Crippen molar-refractivity contribution in [1.29, 1.82) is 0 Å². The Bertz CT molecular complexity index is 1060. The molecule has 30 heavy (non-hydrogen) atoms. The largest absolute Gasteiger partial charge is 0.381 e. The van der Waals surface area contributed by atoms with Crippen molar-refractivity contribution in [3.8, 4) is 11.4 Å². The molecule has 0 spiro atoms. The third-order valence-corrected chi connectivity index (χ3v) is 5.09. The normalized spacial score (nSPS) is 14.0. The van der Waals surface area contributed by atoms with Gasteiger partial charge in [0.1, 0.15) is 18.6 Å². The van der Waals surface area contributed by atoms with Gasteiger partial charge in [-0.1, -0.05) is 30.3 Å². The number of carbonyl (C=O) groups is 1. The van der Waals surface area contributed by atoms with Crippen LogP contribution in [0.2, 0.25) is 0 Å². The van der Waals surface area contributed by atoms with Gasteiger partial charge in [0, 0.05) is 44.9 Å². The zero-order chi connectivity index (χ0) is 21.1. The first kappa shape index (κ1) is 19.5. The third-order valence-electron chi connectivity index (χ3n) is 5.09. The summed E-state index contributed by atoms with van der Waals surface area (Å²) in [6.07, 6.45) is 3.05. The molecule has 0 saturated carbocycles. The van der Waals surface area contributed by atoms with E-state index in [2.05, 4.69) is 19.9 Å². The van der Waals surface area contributed by atoms with E-state index in [-0.39, 0.29) is 18.3 Å². The van der Waals surface area contributed by atoms with Crippen LogP contribution < -0.4 is 4.90 Å². The number of hydrogen-bond acceptors (Lipinski definition) is 7. The van der Waals surface area contributed by atoms with Crippen LogP contribution in [0.25, 0.3) is 11.4 Å². The van der Waals surface area contributed by atoms with Gasteiger partial charge in [-0.2, -0.15) is 0 Å². The van der Waals surface area contributed by atoms with E-state index in [1.807, 2.05) is 36.4 Å². The first-order chi connectivity index (χ1) is 14.5. The van der Waals surface area contributed by atoms with Crippen molar-refractivity contribution in [3.05, 3.63) is 64.7 Å². The minimum atomic E-state index is -0.557. The topological polar surface area (TPSA) is 110 Å². The number of anilines is 1. The summed E-state index contributed by atoms with van der Waals surface area (Å²) in [6, 6.07) is 11.7. The number of carbonyl (C=O) groups excluding carboxylic acids is 1. The smallest absolute Gasteiger partial charge is 0.358 e. The van der Waals surface area contributed by atoms with Crippen LogP contribution in [0.3, 0.4) is 0 Å². The number of aromatic nitrogens is 4. The summed E-state index contributed by atoms with van der Waals surface area (Å²) in [4.78, 5) is 39.7. The van der Waals surface area contributed by atoms with Crippen molar-refractivity contribution in [3.63, 3.8) is 0 Å². The number of aryl methyl sites for hydroxylation is 1. The van der Waals surface area contributed by atoms with Gasteiger partial charge in [-0.3, -0.25) is 9.36 Å². The standard InChI is InChI=1S/C20H21N7O3/c1-15-22-18(27(29)30)13-26(15)14-19(28)25-11-9-24(10-12-25)17-7-8-21-20(23-17)16-5-3-2-4-6-16/h2-8,13H,9-12,14H2,1H3. The SMILES string of the molecule is Cc1nc([N+](=O)[O-])cn1CC(=O)N1CCN(c2ccnc(-c3ccccc3)n2)CC1. The Morgan fingerprint density at radius 3 is 2.50 bits per heavy atom. The summed E-state index contributed by atoms with van der Waals surface area (Å²) >= 11 is 0. The lowest BCUT2D eigenvalue weighted by atomic mass is 10.2. The fourth-order valence-corrected chi connectivity index (χ4v) is 3.42. The number of nitro groups is 1. The Labute approximate surface area is 173 Å². The molecule has 1 aliphatic heterocycles. The zero-order valence-electron chi connectivity index (χ0n) is 16.5. The average Bonchev–Trinajstić information content (AvgIpc) is 3.15. The molecule has 0 unspecified atom stereocenters. The summed E-state index contributed by atoms with van der Waals surface area (Å²) in [5.74, 6) is 1.62. The lowest BCUT2D eigenvalue weighted by molar-refractivity contribution is -0.389. The number of piperazine rings is 1. The number of rotatable bonds is 5. The second-order valence-electron chi connectivity index (χ2n) is 7.00. The molecule has 0 radical (unpaired) electrons. The van der Waals surface area contributed by atoms with Crippen LogP contribution >= 0.6 is 0 Å². The van der Waals surface area contributed by atoms with Crippen LogP contribution in [0, 0.1) is 17.0 Å². The van der Waals surface area contributed by atoms with Gasteiger partial charge in [0.15, 0.2) is 5.82 Å². The summed E-state index contributed by atoms with van der Waals surface area (Å²) in [5, 5.41) is 10.9. The Kier molecular flexibility index (Phi) is 5.38. The molecule has 10 nitrogen and oxygen atoms in total. The molecular weight excluding hydrogens is 386 g/mol. The molecule has 0 bridgehead atoms. The maximum absolute atomic E-state index is 12.6. The van der Waals surface area contributed by atoms with E-state index >= 15 is 0 Å². The molecule has 3 aromatic rings. The maximum Gasteiger partial charge on any atom is 0.381 e. The molecular formula is C20H21N7O3. The number of amides is 1. The van der Waals surface area contributed by atoms with Crippen LogP contribution in [0.5, 0.6) is 0 Å². The van der Waals surface area contributed by atoms with Crippen molar-refractivity contribution in [2.45, 2.75) is 13.5 Å². The molecule has 2 aromatic heterocycles. The Morgan fingerprint density at radius 2 is 1.83 bits per heavy atom. The summed E-state index contributed by atoms with van der Waals surface area (Å²) in [6.45, 7) is 4.11. The molecule has 10 heteroatoms. The van der Waals surface area contributed by atoms with Gasteiger partial charge in [0.25, 0.3) is 0 Å². The first-order valence-corrected chi connectivity index (χ1v) is 9.60. The first-order valence-electron chi connectivity index (χ1n) is 9.60. The second kappa shape index (κ2) is 8.27. The van der Waals surface area contributed by atoms with Gasteiger partial charge in [-0.25, -0.2) is 9.97 Å².